The quantitative estimate of drug-likeness (QED) is 0.445. The Hall–Kier alpha value is -3.78. The maximum absolute atomic E-state index is 13.3. The molecule has 1 aliphatic heterocycles. The number of carbonyl (C=O) groups excluding carboxylic acids is 1. The average Bonchev–Trinajstić information content (AvgIpc) is 3.53. The predicted molar refractivity (Wildman–Crippen MR) is 134 cm³/mol. The number of fused-ring (bicyclic) bond motifs is 1. The molecule has 1 N–H and O–H groups in total. The Morgan fingerprint density at radius 2 is 2.00 bits per heavy atom. The van der Waals surface area contributed by atoms with Crippen LogP contribution in [0, 0.1) is 6.92 Å². The van der Waals surface area contributed by atoms with Gasteiger partial charge in [-0.1, -0.05) is 12.1 Å². The molecule has 4 heterocycles. The summed E-state index contributed by atoms with van der Waals surface area (Å²) >= 11 is 1.66. The third-order valence-electron chi connectivity index (χ3n) is 6.51. The van der Waals surface area contributed by atoms with E-state index in [4.69, 9.17) is 0 Å². The normalized spacial score (nSPS) is 15.0. The number of carbonyl (C=O) groups is 1. The number of aromatic nitrogens is 3. The number of aryl methyl sites for hydroxylation is 1. The second kappa shape index (κ2) is 7.92. The fourth-order valence-electron chi connectivity index (χ4n) is 4.56. The maximum atomic E-state index is 13.3. The number of thiophene rings is 1. The van der Waals surface area contributed by atoms with Gasteiger partial charge in [-0.05, 0) is 66.6 Å². The van der Waals surface area contributed by atoms with Crippen LogP contribution in [0.4, 0.5) is 17.2 Å². The number of pyridine rings is 1. The zero-order valence-electron chi connectivity index (χ0n) is 18.9. The van der Waals surface area contributed by atoms with Crippen molar-refractivity contribution in [2.24, 2.45) is 7.05 Å². The molecule has 0 spiro atoms. The fourth-order valence-corrected chi connectivity index (χ4v) is 5.85. The Morgan fingerprint density at radius 3 is 2.74 bits per heavy atom. The Bertz CT molecular complexity index is 1490. The van der Waals surface area contributed by atoms with Crippen molar-refractivity contribution in [1.82, 2.24) is 14.5 Å². The summed E-state index contributed by atoms with van der Waals surface area (Å²) in [7, 11) is 1.73. The highest BCUT2D eigenvalue weighted by Gasteiger charge is 2.35. The van der Waals surface area contributed by atoms with Crippen molar-refractivity contribution in [2.75, 3.05) is 10.2 Å². The fraction of sp³-hybridized carbons (Fsp3) is 0.231. The molecular weight excluding hydrogens is 446 g/mol. The Kier molecular flexibility index (Phi) is 4.84. The predicted octanol–water partition coefficient (Wildman–Crippen LogP) is 4.99. The van der Waals surface area contributed by atoms with E-state index in [1.54, 1.807) is 35.2 Å². The zero-order chi connectivity index (χ0) is 23.4. The average molecular weight is 470 g/mol. The molecule has 8 heteroatoms. The number of anilines is 3. The number of amides is 1. The van der Waals surface area contributed by atoms with Crippen LogP contribution in [-0.2, 0) is 13.6 Å². The number of rotatable bonds is 5. The molecule has 1 aromatic carbocycles. The summed E-state index contributed by atoms with van der Waals surface area (Å²) in [5.74, 6) is 1.30. The summed E-state index contributed by atoms with van der Waals surface area (Å²) in [6.07, 6.45) is 7.36. The van der Waals surface area contributed by atoms with Gasteiger partial charge in [0.05, 0.1) is 11.4 Å². The van der Waals surface area contributed by atoms with Crippen molar-refractivity contribution < 1.29 is 4.79 Å². The van der Waals surface area contributed by atoms with Crippen LogP contribution in [0.15, 0.2) is 59.9 Å². The summed E-state index contributed by atoms with van der Waals surface area (Å²) in [4.78, 5) is 38.2. The topological polar surface area (TPSA) is 80.1 Å². The van der Waals surface area contributed by atoms with Gasteiger partial charge < -0.3 is 14.8 Å². The van der Waals surface area contributed by atoms with E-state index in [0.29, 0.717) is 24.0 Å². The minimum absolute atomic E-state index is 0.0822. The Labute approximate surface area is 200 Å². The van der Waals surface area contributed by atoms with E-state index in [0.717, 1.165) is 32.8 Å². The highest BCUT2D eigenvalue weighted by atomic mass is 32.1. The van der Waals surface area contributed by atoms with E-state index < -0.39 is 0 Å². The third-order valence-corrected chi connectivity index (χ3v) is 7.84. The van der Waals surface area contributed by atoms with E-state index >= 15 is 0 Å². The van der Waals surface area contributed by atoms with Gasteiger partial charge >= 0.3 is 0 Å². The molecule has 0 radical (unpaired) electrons. The Balaban J connectivity index is 1.35. The SMILES string of the molecule is Cc1c(-c2cc(Nc3ccncn3)c(=O)n(C)c2)cccc1N1Cc2cc(C3CC3)sc2C1=O. The Morgan fingerprint density at radius 1 is 1.15 bits per heavy atom. The number of benzene rings is 1. The molecule has 4 aromatic rings. The van der Waals surface area contributed by atoms with Crippen LogP contribution in [0.5, 0.6) is 0 Å². The molecule has 0 bridgehead atoms. The van der Waals surface area contributed by atoms with Crippen LogP contribution in [0.25, 0.3) is 11.1 Å². The molecule has 0 saturated heterocycles. The van der Waals surface area contributed by atoms with Crippen molar-refractivity contribution in [3.8, 4) is 11.1 Å². The van der Waals surface area contributed by atoms with E-state index in [9.17, 15) is 9.59 Å². The first-order chi connectivity index (χ1) is 16.5. The number of hydrogen-bond donors (Lipinski definition) is 1. The molecule has 0 unspecified atom stereocenters. The molecule has 1 saturated carbocycles. The van der Waals surface area contributed by atoms with Crippen LogP contribution in [-0.4, -0.2) is 20.4 Å². The van der Waals surface area contributed by atoms with Crippen LogP contribution in [0.1, 0.15) is 44.4 Å². The van der Waals surface area contributed by atoms with Gasteiger partial charge in [-0.2, -0.15) is 0 Å². The van der Waals surface area contributed by atoms with Crippen LogP contribution >= 0.6 is 11.3 Å². The van der Waals surface area contributed by atoms with Gasteiger partial charge in [0.25, 0.3) is 11.5 Å². The standard InChI is InChI=1S/C26H23N5O2S/c1-15-19(17-10-20(25(32)30(2)12-17)29-23-8-9-27-14-28-23)4-3-5-21(15)31-13-18-11-22(16-6-7-16)34-24(18)26(31)33/h3-5,8-12,14,16H,6-7,13H2,1-2H3,(H,27,28,29). The van der Waals surface area contributed by atoms with Crippen molar-refractivity contribution >= 4 is 34.4 Å². The van der Waals surface area contributed by atoms with Gasteiger partial charge in [0.2, 0.25) is 0 Å². The highest BCUT2D eigenvalue weighted by Crippen LogP contribution is 2.47. The van der Waals surface area contributed by atoms with Gasteiger partial charge in [0.1, 0.15) is 17.8 Å². The highest BCUT2D eigenvalue weighted by molar-refractivity contribution is 7.14. The lowest BCUT2D eigenvalue weighted by Gasteiger charge is -2.21. The molecule has 170 valence electrons. The first kappa shape index (κ1) is 20.8. The van der Waals surface area contributed by atoms with E-state index in [-0.39, 0.29) is 11.5 Å². The molecular formula is C26H23N5O2S. The minimum Gasteiger partial charge on any atom is -0.336 e. The summed E-state index contributed by atoms with van der Waals surface area (Å²) in [6.45, 7) is 2.64. The number of hydrogen-bond acceptors (Lipinski definition) is 6. The van der Waals surface area contributed by atoms with E-state index in [1.165, 1.54) is 24.0 Å². The van der Waals surface area contributed by atoms with Crippen molar-refractivity contribution in [3.05, 3.63) is 86.4 Å². The van der Waals surface area contributed by atoms with Crippen molar-refractivity contribution in [2.45, 2.75) is 32.2 Å². The van der Waals surface area contributed by atoms with Crippen LogP contribution in [0.2, 0.25) is 0 Å². The first-order valence-corrected chi connectivity index (χ1v) is 12.1. The lowest BCUT2D eigenvalue weighted by Crippen LogP contribution is -2.24. The monoisotopic (exact) mass is 469 g/mol. The van der Waals surface area contributed by atoms with Crippen molar-refractivity contribution in [3.63, 3.8) is 0 Å². The van der Waals surface area contributed by atoms with Gasteiger partial charge in [-0.25, -0.2) is 9.97 Å². The first-order valence-electron chi connectivity index (χ1n) is 11.3. The van der Waals surface area contributed by atoms with Gasteiger partial charge in [0, 0.05) is 35.6 Å². The van der Waals surface area contributed by atoms with E-state index in [2.05, 4.69) is 21.4 Å². The number of nitrogens with one attached hydrogen (secondary N) is 1. The molecule has 34 heavy (non-hydrogen) atoms. The summed E-state index contributed by atoms with van der Waals surface area (Å²) in [6, 6.07) is 11.8. The molecule has 7 nitrogen and oxygen atoms in total. The molecule has 1 fully saturated rings. The molecule has 1 aliphatic carbocycles. The summed E-state index contributed by atoms with van der Waals surface area (Å²) < 4.78 is 1.56. The van der Waals surface area contributed by atoms with Crippen LogP contribution in [0.3, 0.4) is 0 Å². The van der Waals surface area contributed by atoms with E-state index in [1.807, 2.05) is 42.3 Å². The molecule has 2 aliphatic rings. The van der Waals surface area contributed by atoms with Crippen molar-refractivity contribution in [1.29, 1.82) is 0 Å². The summed E-state index contributed by atoms with van der Waals surface area (Å²) in [5, 5.41) is 3.10. The third kappa shape index (κ3) is 3.51. The second-order valence-corrected chi connectivity index (χ2v) is 9.98. The van der Waals surface area contributed by atoms with Gasteiger partial charge in [-0.15, -0.1) is 11.3 Å². The van der Waals surface area contributed by atoms with Gasteiger partial charge in [-0.3, -0.25) is 9.59 Å². The maximum Gasteiger partial charge on any atom is 0.274 e. The second-order valence-electron chi connectivity index (χ2n) is 8.90. The smallest absolute Gasteiger partial charge is 0.274 e. The minimum atomic E-state index is -0.151. The summed E-state index contributed by atoms with van der Waals surface area (Å²) in [5.41, 5.74) is 5.17. The zero-order valence-corrected chi connectivity index (χ0v) is 19.7. The van der Waals surface area contributed by atoms with Gasteiger partial charge in [0.15, 0.2) is 0 Å². The molecule has 3 aromatic heterocycles. The number of nitrogens with zero attached hydrogens (tertiary/aromatic N) is 4. The molecule has 6 rings (SSSR count). The molecule has 1 amide bonds. The largest absolute Gasteiger partial charge is 0.336 e. The lowest BCUT2D eigenvalue weighted by atomic mass is 9.99. The van der Waals surface area contributed by atoms with Crippen LogP contribution < -0.4 is 15.8 Å². The molecule has 0 atom stereocenters. The lowest BCUT2D eigenvalue weighted by molar-refractivity contribution is 0.1000.